The summed E-state index contributed by atoms with van der Waals surface area (Å²) in [7, 11) is 0. The number of amides is 1. The number of aromatic nitrogens is 5. The molecule has 5 heterocycles. The third-order valence-electron chi connectivity index (χ3n) is 7.50. The van der Waals surface area contributed by atoms with Crippen molar-refractivity contribution in [3.63, 3.8) is 0 Å². The molecule has 1 atom stereocenters. The number of aliphatic hydroxyl groups is 1. The first kappa shape index (κ1) is 22.6. The highest BCUT2D eigenvalue weighted by Gasteiger charge is 2.43. The molecule has 0 radical (unpaired) electrons. The first-order valence-electron chi connectivity index (χ1n) is 11.6. The maximum absolute atomic E-state index is 13.0. The van der Waals surface area contributed by atoms with E-state index in [1.165, 1.54) is 11.0 Å². The van der Waals surface area contributed by atoms with Crippen molar-refractivity contribution in [1.82, 2.24) is 35.0 Å². The second-order valence-electron chi connectivity index (χ2n) is 9.53. The van der Waals surface area contributed by atoms with Crippen LogP contribution in [-0.4, -0.2) is 84.8 Å². The normalized spacial score (nSPS) is 21.9. The number of aryl methyl sites for hydroxylation is 1. The SMILES string of the molecule is CC1=C(N2CCC3(CCN(C[C@H](O)c4ccc(-n5cnnn5)nc4C)CC3)CC2=O)COC1=O. The summed E-state index contributed by atoms with van der Waals surface area (Å²) in [6.07, 6.45) is 4.08. The van der Waals surface area contributed by atoms with Crippen LogP contribution in [-0.2, 0) is 14.3 Å². The Hall–Kier alpha value is -3.18. The van der Waals surface area contributed by atoms with Crippen LogP contribution in [0.4, 0.5) is 0 Å². The fourth-order valence-corrected chi connectivity index (χ4v) is 5.30. The van der Waals surface area contributed by atoms with Gasteiger partial charge in [0, 0.05) is 30.8 Å². The van der Waals surface area contributed by atoms with Crippen LogP contribution in [0.15, 0.2) is 29.7 Å². The second kappa shape index (κ2) is 8.88. The van der Waals surface area contributed by atoms with Gasteiger partial charge in [-0.1, -0.05) is 6.07 Å². The number of ether oxygens (including phenoxy) is 1. The highest BCUT2D eigenvalue weighted by Crippen LogP contribution is 2.43. The van der Waals surface area contributed by atoms with Crippen LogP contribution >= 0.6 is 0 Å². The molecule has 2 aromatic heterocycles. The quantitative estimate of drug-likeness (QED) is 0.639. The zero-order chi connectivity index (χ0) is 23.9. The Morgan fingerprint density at radius 1 is 1.15 bits per heavy atom. The Morgan fingerprint density at radius 2 is 1.91 bits per heavy atom. The predicted molar refractivity (Wildman–Crippen MR) is 119 cm³/mol. The van der Waals surface area contributed by atoms with Gasteiger partial charge in [-0.2, -0.15) is 4.68 Å². The van der Waals surface area contributed by atoms with Crippen LogP contribution in [0.1, 0.15) is 50.0 Å². The molecule has 0 saturated carbocycles. The van der Waals surface area contributed by atoms with Crippen molar-refractivity contribution in [3.8, 4) is 5.82 Å². The summed E-state index contributed by atoms with van der Waals surface area (Å²) >= 11 is 0. The predicted octanol–water partition coefficient (Wildman–Crippen LogP) is 0.935. The van der Waals surface area contributed by atoms with Gasteiger partial charge in [-0.05, 0) is 68.1 Å². The van der Waals surface area contributed by atoms with Gasteiger partial charge >= 0.3 is 5.97 Å². The average molecular weight is 468 g/mol. The van der Waals surface area contributed by atoms with Crippen molar-refractivity contribution in [1.29, 1.82) is 0 Å². The van der Waals surface area contributed by atoms with Crippen molar-refractivity contribution in [3.05, 3.63) is 41.0 Å². The van der Waals surface area contributed by atoms with Gasteiger partial charge in [-0.3, -0.25) is 4.79 Å². The standard InChI is InChI=1S/C23H29N7O4/c1-15-18(13-34-22(15)33)29-10-7-23(11-21(29)32)5-8-28(9-6-23)12-19(31)17-3-4-20(25-16(17)2)30-14-24-26-27-30/h3-4,14,19,31H,5-13H2,1-2H3/t19-/m0/s1. The molecule has 5 rings (SSSR count). The summed E-state index contributed by atoms with van der Waals surface area (Å²) in [4.78, 5) is 33.2. The summed E-state index contributed by atoms with van der Waals surface area (Å²) < 4.78 is 6.57. The smallest absolute Gasteiger partial charge is 0.336 e. The van der Waals surface area contributed by atoms with Gasteiger partial charge in [0.25, 0.3) is 0 Å². The van der Waals surface area contributed by atoms with Crippen LogP contribution < -0.4 is 0 Å². The lowest BCUT2D eigenvalue weighted by Gasteiger charge is -2.46. The van der Waals surface area contributed by atoms with Crippen LogP contribution in [0.3, 0.4) is 0 Å². The van der Waals surface area contributed by atoms with Gasteiger partial charge in [0.15, 0.2) is 5.82 Å². The van der Waals surface area contributed by atoms with E-state index < -0.39 is 6.10 Å². The number of aliphatic hydroxyl groups excluding tert-OH is 1. The number of pyridine rings is 1. The number of rotatable bonds is 5. The van der Waals surface area contributed by atoms with Crippen molar-refractivity contribution >= 4 is 11.9 Å². The number of hydrogen-bond donors (Lipinski definition) is 1. The first-order chi connectivity index (χ1) is 16.3. The number of cyclic esters (lactones) is 1. The minimum Gasteiger partial charge on any atom is -0.456 e. The third kappa shape index (κ3) is 4.21. The summed E-state index contributed by atoms with van der Waals surface area (Å²) in [6, 6.07) is 3.67. The van der Waals surface area contributed by atoms with E-state index in [1.807, 2.05) is 13.0 Å². The molecule has 3 aliphatic heterocycles. The molecule has 1 spiro atoms. The highest BCUT2D eigenvalue weighted by atomic mass is 16.5. The summed E-state index contributed by atoms with van der Waals surface area (Å²) in [6.45, 7) is 6.61. The van der Waals surface area contributed by atoms with E-state index in [1.54, 1.807) is 17.9 Å². The molecule has 1 N–H and O–H groups in total. The zero-order valence-corrected chi connectivity index (χ0v) is 19.5. The Morgan fingerprint density at radius 3 is 2.53 bits per heavy atom. The second-order valence-corrected chi connectivity index (χ2v) is 9.53. The number of likely N-dealkylation sites (tertiary alicyclic amines) is 2. The molecular formula is C23H29N7O4. The van der Waals surface area contributed by atoms with Gasteiger partial charge in [-0.15, -0.1) is 5.10 Å². The van der Waals surface area contributed by atoms with E-state index in [2.05, 4.69) is 25.4 Å². The lowest BCUT2D eigenvalue weighted by molar-refractivity contribution is -0.139. The molecule has 0 unspecified atom stereocenters. The Kier molecular flexibility index (Phi) is 5.90. The molecule has 11 heteroatoms. The average Bonchev–Trinajstić information content (AvgIpc) is 3.47. The van der Waals surface area contributed by atoms with E-state index in [0.717, 1.165) is 49.3 Å². The molecule has 3 aliphatic rings. The number of tetrazole rings is 1. The van der Waals surface area contributed by atoms with E-state index in [-0.39, 0.29) is 23.9 Å². The summed E-state index contributed by atoms with van der Waals surface area (Å²) in [5.74, 6) is 0.357. The van der Waals surface area contributed by atoms with Crippen LogP contribution in [0.25, 0.3) is 5.82 Å². The summed E-state index contributed by atoms with van der Waals surface area (Å²) in [5.41, 5.74) is 2.80. The van der Waals surface area contributed by atoms with Gasteiger partial charge in [0.1, 0.15) is 12.9 Å². The zero-order valence-electron chi connectivity index (χ0n) is 19.5. The molecule has 0 bridgehead atoms. The number of hydrogen-bond acceptors (Lipinski definition) is 9. The minimum atomic E-state index is -0.650. The van der Waals surface area contributed by atoms with E-state index in [9.17, 15) is 14.7 Å². The van der Waals surface area contributed by atoms with Crippen LogP contribution in [0.5, 0.6) is 0 Å². The molecule has 34 heavy (non-hydrogen) atoms. The molecule has 0 aromatic carbocycles. The molecule has 2 saturated heterocycles. The molecular weight excluding hydrogens is 438 g/mol. The molecule has 11 nitrogen and oxygen atoms in total. The monoisotopic (exact) mass is 467 g/mol. The number of esters is 1. The Bertz CT molecular complexity index is 1120. The van der Waals surface area contributed by atoms with Crippen LogP contribution in [0, 0.1) is 12.3 Å². The lowest BCUT2D eigenvalue weighted by atomic mass is 9.70. The maximum atomic E-state index is 13.0. The number of nitrogens with zero attached hydrogens (tertiary/aromatic N) is 7. The Labute approximate surface area is 197 Å². The molecule has 180 valence electrons. The van der Waals surface area contributed by atoms with Gasteiger partial charge < -0.3 is 19.6 Å². The van der Waals surface area contributed by atoms with Crippen molar-refractivity contribution in [2.24, 2.45) is 5.41 Å². The Balaban J connectivity index is 1.17. The van der Waals surface area contributed by atoms with E-state index >= 15 is 0 Å². The highest BCUT2D eigenvalue weighted by molar-refractivity contribution is 5.92. The molecule has 2 aromatic rings. The number of β-amino-alcohol motifs (C(OH)–C–C–N with tert-alkyl or cyclic N) is 1. The van der Waals surface area contributed by atoms with Crippen LogP contribution in [0.2, 0.25) is 0 Å². The lowest BCUT2D eigenvalue weighted by Crippen LogP contribution is -2.49. The number of carbonyl (C=O) groups is 2. The maximum Gasteiger partial charge on any atom is 0.336 e. The van der Waals surface area contributed by atoms with Crippen molar-refractivity contribution < 1.29 is 19.4 Å². The van der Waals surface area contributed by atoms with Gasteiger partial charge in [0.2, 0.25) is 5.91 Å². The minimum absolute atomic E-state index is 0.00206. The molecule has 1 amide bonds. The third-order valence-corrected chi connectivity index (χ3v) is 7.50. The molecule has 0 aliphatic carbocycles. The first-order valence-corrected chi connectivity index (χ1v) is 11.6. The van der Waals surface area contributed by atoms with Crippen molar-refractivity contribution in [2.45, 2.75) is 45.6 Å². The van der Waals surface area contributed by atoms with Gasteiger partial charge in [-0.25, -0.2) is 9.78 Å². The van der Waals surface area contributed by atoms with Crippen molar-refractivity contribution in [2.75, 3.05) is 32.8 Å². The fraction of sp³-hybridized carbons (Fsp3) is 0.565. The van der Waals surface area contributed by atoms with E-state index in [0.29, 0.717) is 30.9 Å². The van der Waals surface area contributed by atoms with Gasteiger partial charge in [0.05, 0.1) is 17.4 Å². The number of carbonyl (C=O) groups excluding carboxylic acids is 2. The number of piperidine rings is 2. The molecule has 2 fully saturated rings. The largest absolute Gasteiger partial charge is 0.456 e. The van der Waals surface area contributed by atoms with E-state index in [4.69, 9.17) is 4.74 Å². The summed E-state index contributed by atoms with van der Waals surface area (Å²) in [5, 5.41) is 22.0. The topological polar surface area (TPSA) is 127 Å². The fourth-order valence-electron chi connectivity index (χ4n) is 5.30.